The average Bonchev–Trinajstić information content (AvgIpc) is 2.32. The first-order valence-corrected chi connectivity index (χ1v) is 6.73. The largest absolute Gasteiger partial charge is 0.325 e. The monoisotopic (exact) mass is 282 g/mol. The van der Waals surface area contributed by atoms with Crippen molar-refractivity contribution in [2.75, 3.05) is 0 Å². The molecule has 0 aromatic rings. The maximum atomic E-state index is 10.9. The molecule has 8 heteroatoms. The van der Waals surface area contributed by atoms with Crippen molar-refractivity contribution >= 4 is 33.5 Å². The van der Waals surface area contributed by atoms with Crippen LogP contribution in [0.5, 0.6) is 0 Å². The highest BCUT2D eigenvalue weighted by Crippen LogP contribution is 2.13. The molecule has 0 aromatic heterocycles. The smallest absolute Gasteiger partial charge is 0.171 e. The van der Waals surface area contributed by atoms with E-state index in [0.717, 1.165) is 22.0 Å². The summed E-state index contributed by atoms with van der Waals surface area (Å²) >= 11 is 0. The van der Waals surface area contributed by atoms with Gasteiger partial charge < -0.3 is 9.44 Å². The third kappa shape index (κ3) is 6.63. The van der Waals surface area contributed by atoms with Gasteiger partial charge in [0.15, 0.2) is 11.6 Å². The fraction of sp³-hybridized carbons (Fsp3) is 0.200. The number of nitrogens with one attached hydrogen (secondary N) is 2. The molecule has 6 nitrogen and oxygen atoms in total. The van der Waals surface area contributed by atoms with E-state index in [2.05, 4.69) is 9.44 Å². The third-order valence-corrected chi connectivity index (χ3v) is 2.88. The predicted molar refractivity (Wildman–Crippen MR) is 70.2 cm³/mol. The number of Topliss-reactive ketones (excluding diaryl/α,β-unsaturated/α-hetero) is 2. The van der Waals surface area contributed by atoms with Gasteiger partial charge >= 0.3 is 0 Å². The standard InChI is InChI=1S/C10H10N4O2S2/c1-7(15)9(3-11)5-13-17-18-14-6-10(4-12)8(2)16/h5-6,13-14H,1-2H3. The van der Waals surface area contributed by atoms with E-state index in [0.29, 0.717) is 0 Å². The Kier molecular flexibility index (Phi) is 8.20. The summed E-state index contributed by atoms with van der Waals surface area (Å²) in [4.78, 5) is 21.7. The number of nitrogens with zero attached hydrogens (tertiary/aromatic N) is 2. The first-order valence-electron chi connectivity index (χ1n) is 4.59. The Hall–Kier alpha value is -1.90. The summed E-state index contributed by atoms with van der Waals surface area (Å²) in [5.74, 6) is -0.654. The SMILES string of the molecule is CC(=O)C(C#N)=CNSSNC=C(C#N)C(C)=O. The second-order valence-electron chi connectivity index (χ2n) is 2.85. The molecule has 0 saturated carbocycles. The minimum absolute atomic E-state index is 0.0140. The van der Waals surface area contributed by atoms with Crippen LogP contribution in [-0.4, -0.2) is 11.6 Å². The van der Waals surface area contributed by atoms with E-state index >= 15 is 0 Å². The first kappa shape index (κ1) is 16.1. The fourth-order valence-corrected chi connectivity index (χ4v) is 1.64. The molecule has 0 amide bonds. The fourth-order valence-electron chi connectivity index (χ4n) is 0.639. The van der Waals surface area contributed by atoms with Gasteiger partial charge in [-0.25, -0.2) is 0 Å². The van der Waals surface area contributed by atoms with Crippen LogP contribution in [0.25, 0.3) is 0 Å². The molecule has 0 rings (SSSR count). The molecule has 0 saturated heterocycles. The van der Waals surface area contributed by atoms with Gasteiger partial charge in [0, 0.05) is 34.4 Å². The number of carbonyl (C=O) groups excluding carboxylic acids is 2. The van der Waals surface area contributed by atoms with Crippen molar-refractivity contribution in [2.24, 2.45) is 0 Å². The summed E-state index contributed by atoms with van der Waals surface area (Å²) in [5, 5.41) is 17.1. The molecular formula is C10H10N4O2S2. The molecule has 94 valence electrons. The van der Waals surface area contributed by atoms with Crippen LogP contribution in [-0.2, 0) is 9.59 Å². The highest BCUT2D eigenvalue weighted by Gasteiger charge is 2.01. The van der Waals surface area contributed by atoms with Crippen LogP contribution in [0.4, 0.5) is 0 Å². The molecule has 18 heavy (non-hydrogen) atoms. The van der Waals surface area contributed by atoms with E-state index in [4.69, 9.17) is 10.5 Å². The molecule has 0 bridgehead atoms. The Morgan fingerprint density at radius 3 is 1.50 bits per heavy atom. The molecular weight excluding hydrogens is 272 g/mol. The number of ketones is 2. The summed E-state index contributed by atoms with van der Waals surface area (Å²) in [7, 11) is 2.18. The van der Waals surface area contributed by atoms with Gasteiger partial charge in [-0.1, -0.05) is 0 Å². The van der Waals surface area contributed by atoms with E-state index in [9.17, 15) is 9.59 Å². The van der Waals surface area contributed by atoms with Gasteiger partial charge in [0.2, 0.25) is 0 Å². The average molecular weight is 282 g/mol. The number of rotatable bonds is 7. The van der Waals surface area contributed by atoms with Crippen molar-refractivity contribution in [3.63, 3.8) is 0 Å². The summed E-state index contributed by atoms with van der Waals surface area (Å²) in [6.45, 7) is 2.59. The number of hydrogen-bond acceptors (Lipinski definition) is 8. The molecule has 0 heterocycles. The van der Waals surface area contributed by atoms with Crippen molar-refractivity contribution < 1.29 is 9.59 Å². The zero-order valence-electron chi connectivity index (χ0n) is 9.68. The van der Waals surface area contributed by atoms with Gasteiger partial charge in [0.1, 0.15) is 23.3 Å². The maximum Gasteiger partial charge on any atom is 0.171 e. The quantitative estimate of drug-likeness (QED) is 0.237. The predicted octanol–water partition coefficient (Wildman–Crippen LogP) is 1.37. The molecule has 0 fully saturated rings. The van der Waals surface area contributed by atoms with Gasteiger partial charge in [-0.3, -0.25) is 9.59 Å². The van der Waals surface area contributed by atoms with Crippen LogP contribution in [0.15, 0.2) is 23.5 Å². The number of carbonyl (C=O) groups is 2. The summed E-state index contributed by atoms with van der Waals surface area (Å²) < 4.78 is 5.31. The summed E-state index contributed by atoms with van der Waals surface area (Å²) in [6.07, 6.45) is 2.56. The molecule has 0 atom stereocenters. The minimum Gasteiger partial charge on any atom is -0.325 e. The Balaban J connectivity index is 4.04. The van der Waals surface area contributed by atoms with Crippen molar-refractivity contribution in [2.45, 2.75) is 13.8 Å². The molecule has 0 radical (unpaired) electrons. The van der Waals surface area contributed by atoms with Crippen LogP contribution >= 0.6 is 22.0 Å². The molecule has 0 unspecified atom stereocenters. The van der Waals surface area contributed by atoms with Crippen molar-refractivity contribution in [1.82, 2.24) is 9.44 Å². The van der Waals surface area contributed by atoms with Crippen LogP contribution in [0.3, 0.4) is 0 Å². The van der Waals surface area contributed by atoms with Crippen molar-refractivity contribution in [3.05, 3.63) is 23.5 Å². The van der Waals surface area contributed by atoms with Crippen molar-refractivity contribution in [3.8, 4) is 12.1 Å². The lowest BCUT2D eigenvalue weighted by Gasteiger charge is -1.99. The van der Waals surface area contributed by atoms with E-state index < -0.39 is 0 Å². The normalized spacial score (nSPS) is 11.1. The first-order chi connectivity index (χ1) is 8.52. The number of allylic oxidation sites excluding steroid dienone is 2. The molecule has 0 aliphatic carbocycles. The second-order valence-corrected chi connectivity index (χ2v) is 4.66. The van der Waals surface area contributed by atoms with Gasteiger partial charge in [-0.15, -0.1) is 0 Å². The topological polar surface area (TPSA) is 106 Å². The van der Waals surface area contributed by atoms with E-state index in [1.54, 1.807) is 12.1 Å². The molecule has 0 aliphatic heterocycles. The zero-order chi connectivity index (χ0) is 14.0. The van der Waals surface area contributed by atoms with E-state index in [1.807, 2.05) is 0 Å². The lowest BCUT2D eigenvalue weighted by atomic mass is 10.2. The number of nitriles is 2. The molecule has 0 aromatic carbocycles. The Labute approximate surface area is 113 Å². The van der Waals surface area contributed by atoms with Gasteiger partial charge in [-0.05, 0) is 13.8 Å². The molecule has 0 spiro atoms. The molecule has 0 aliphatic rings. The van der Waals surface area contributed by atoms with Gasteiger partial charge in [0.25, 0.3) is 0 Å². The maximum absolute atomic E-state index is 10.9. The lowest BCUT2D eigenvalue weighted by Crippen LogP contribution is -2.02. The Morgan fingerprint density at radius 1 is 0.944 bits per heavy atom. The number of hydrogen-bond donors (Lipinski definition) is 2. The van der Waals surface area contributed by atoms with Gasteiger partial charge in [-0.2, -0.15) is 10.5 Å². The third-order valence-electron chi connectivity index (χ3n) is 1.54. The summed E-state index contributed by atoms with van der Waals surface area (Å²) in [5.41, 5.74) is 0.0279. The van der Waals surface area contributed by atoms with Crippen LogP contribution < -0.4 is 9.44 Å². The van der Waals surface area contributed by atoms with Crippen LogP contribution in [0.2, 0.25) is 0 Å². The van der Waals surface area contributed by atoms with E-state index in [1.165, 1.54) is 26.2 Å². The van der Waals surface area contributed by atoms with E-state index in [-0.39, 0.29) is 22.7 Å². The lowest BCUT2D eigenvalue weighted by molar-refractivity contribution is -0.114. The van der Waals surface area contributed by atoms with Crippen LogP contribution in [0.1, 0.15) is 13.8 Å². The second kappa shape index (κ2) is 9.16. The van der Waals surface area contributed by atoms with Crippen LogP contribution in [0, 0.1) is 22.7 Å². The zero-order valence-corrected chi connectivity index (χ0v) is 11.3. The van der Waals surface area contributed by atoms with Crippen molar-refractivity contribution in [1.29, 1.82) is 10.5 Å². The van der Waals surface area contributed by atoms with Gasteiger partial charge in [0.05, 0.1) is 0 Å². The molecule has 2 N–H and O–H groups in total. The minimum atomic E-state index is -0.327. The highest BCUT2D eigenvalue weighted by molar-refractivity contribution is 8.75. The summed E-state index contributed by atoms with van der Waals surface area (Å²) in [6, 6.07) is 3.48. The Morgan fingerprint density at radius 2 is 1.28 bits per heavy atom. The Bertz CT molecular complexity index is 427. The highest BCUT2D eigenvalue weighted by atomic mass is 33.1.